The largest absolute Gasteiger partial charge is 0.444 e. The molecule has 0 N–H and O–H groups in total. The van der Waals surface area contributed by atoms with E-state index in [1.54, 1.807) is 17.2 Å². The number of amides is 1. The van der Waals surface area contributed by atoms with Crippen LogP contribution >= 0.6 is 0 Å². The first-order valence-electron chi connectivity index (χ1n) is 12.3. The van der Waals surface area contributed by atoms with Gasteiger partial charge in [-0.1, -0.05) is 0 Å². The molecule has 5 rings (SSSR count). The maximum absolute atomic E-state index is 12.4. The van der Waals surface area contributed by atoms with Gasteiger partial charge in [0, 0.05) is 61.5 Å². The lowest BCUT2D eigenvalue weighted by molar-refractivity contribution is 0.0240. The van der Waals surface area contributed by atoms with Crippen molar-refractivity contribution >= 4 is 17.6 Å². The second kappa shape index (κ2) is 9.54. The molecule has 4 aromatic heterocycles. The number of ether oxygens (including phenoxy) is 1. The maximum atomic E-state index is 12.4. The lowest BCUT2D eigenvalue weighted by atomic mass is 10.1. The Labute approximate surface area is 216 Å². The zero-order valence-corrected chi connectivity index (χ0v) is 21.5. The summed E-state index contributed by atoms with van der Waals surface area (Å²) in [6, 6.07) is 11.8. The average Bonchev–Trinajstić information content (AvgIpc) is 3.33. The van der Waals surface area contributed by atoms with E-state index in [0.29, 0.717) is 31.9 Å². The Balaban J connectivity index is 1.34. The Hall–Kier alpha value is -4.45. The number of pyridine rings is 3. The number of imidazole rings is 1. The molecule has 0 atom stereocenters. The topological polar surface area (TPSA) is 99.7 Å². The number of fused-ring (bicyclic) bond motifs is 1. The van der Waals surface area contributed by atoms with Gasteiger partial charge in [-0.2, -0.15) is 5.26 Å². The average molecular weight is 496 g/mol. The van der Waals surface area contributed by atoms with Crippen LogP contribution in [-0.4, -0.2) is 62.1 Å². The second-order valence-electron chi connectivity index (χ2n) is 10.2. The predicted octanol–water partition coefficient (Wildman–Crippen LogP) is 4.70. The van der Waals surface area contributed by atoms with Crippen molar-refractivity contribution in [3.05, 3.63) is 66.4 Å². The van der Waals surface area contributed by atoms with Crippen molar-refractivity contribution in [2.24, 2.45) is 0 Å². The van der Waals surface area contributed by atoms with Crippen molar-refractivity contribution in [1.82, 2.24) is 24.3 Å². The summed E-state index contributed by atoms with van der Waals surface area (Å²) in [6.45, 7) is 10.2. The first kappa shape index (κ1) is 24.3. The molecule has 9 nitrogen and oxygen atoms in total. The molecule has 0 aliphatic carbocycles. The molecule has 5 heterocycles. The molecule has 0 saturated carbocycles. The molecule has 4 aromatic rings. The Bertz CT molecular complexity index is 1470. The van der Waals surface area contributed by atoms with Crippen LogP contribution in [0.15, 0.2) is 55.1 Å². The van der Waals surface area contributed by atoms with Gasteiger partial charge in [0.1, 0.15) is 28.8 Å². The number of anilines is 1. The van der Waals surface area contributed by atoms with Crippen molar-refractivity contribution < 1.29 is 9.53 Å². The van der Waals surface area contributed by atoms with Crippen LogP contribution in [0.1, 0.15) is 32.0 Å². The highest BCUT2D eigenvalue weighted by atomic mass is 16.6. The SMILES string of the molecule is Cc1cc(-c2ccc(C#N)nc2)cn2c(-c3ccc(N4CCN(C(=O)OC(C)(C)C)CC4)nc3)cnc12. The fourth-order valence-electron chi connectivity index (χ4n) is 4.43. The molecule has 188 valence electrons. The first-order valence-corrected chi connectivity index (χ1v) is 12.3. The minimum atomic E-state index is -0.498. The molecule has 37 heavy (non-hydrogen) atoms. The zero-order chi connectivity index (χ0) is 26.2. The van der Waals surface area contributed by atoms with Crippen LogP contribution in [0.2, 0.25) is 0 Å². The van der Waals surface area contributed by atoms with Crippen LogP contribution in [-0.2, 0) is 4.74 Å². The molecule has 1 fully saturated rings. The van der Waals surface area contributed by atoms with Crippen molar-refractivity contribution in [3.63, 3.8) is 0 Å². The van der Waals surface area contributed by atoms with Crippen LogP contribution in [0.5, 0.6) is 0 Å². The van der Waals surface area contributed by atoms with E-state index < -0.39 is 5.60 Å². The van der Waals surface area contributed by atoms with E-state index in [1.807, 2.05) is 58.4 Å². The summed E-state index contributed by atoms with van der Waals surface area (Å²) in [5.41, 5.74) is 5.64. The predicted molar refractivity (Wildman–Crippen MR) is 141 cm³/mol. The number of rotatable bonds is 3. The van der Waals surface area contributed by atoms with Gasteiger partial charge in [0.2, 0.25) is 0 Å². The third-order valence-electron chi connectivity index (χ3n) is 6.30. The minimum absolute atomic E-state index is 0.269. The highest BCUT2D eigenvalue weighted by Crippen LogP contribution is 2.28. The number of carbonyl (C=O) groups excluding carboxylic acids is 1. The van der Waals surface area contributed by atoms with Crippen molar-refractivity contribution in [3.8, 4) is 28.5 Å². The Morgan fingerprint density at radius 1 is 0.946 bits per heavy atom. The second-order valence-corrected chi connectivity index (χ2v) is 10.2. The number of aromatic nitrogens is 4. The van der Waals surface area contributed by atoms with Crippen LogP contribution in [0.4, 0.5) is 10.6 Å². The highest BCUT2D eigenvalue weighted by Gasteiger charge is 2.26. The molecule has 9 heteroatoms. The molecule has 0 bridgehead atoms. The van der Waals surface area contributed by atoms with Gasteiger partial charge < -0.3 is 14.5 Å². The number of aryl methyl sites for hydroxylation is 1. The van der Waals surface area contributed by atoms with Gasteiger partial charge in [-0.25, -0.2) is 19.7 Å². The number of piperazine rings is 1. The fourth-order valence-corrected chi connectivity index (χ4v) is 4.43. The van der Waals surface area contributed by atoms with Crippen LogP contribution in [0, 0.1) is 18.3 Å². The summed E-state index contributed by atoms with van der Waals surface area (Å²) < 4.78 is 7.56. The van der Waals surface area contributed by atoms with E-state index in [4.69, 9.17) is 15.0 Å². The molecule has 0 spiro atoms. The Morgan fingerprint density at radius 2 is 1.68 bits per heavy atom. The molecule has 0 radical (unpaired) electrons. The van der Waals surface area contributed by atoms with Gasteiger partial charge in [0.05, 0.1) is 11.9 Å². The standard InChI is InChI=1S/C28H29N7O2/c1-19-13-22(20-5-7-23(14-29)30-15-20)18-35-24(17-32-26(19)35)21-6-8-25(31-16-21)33-9-11-34(12-10-33)27(36)37-28(2,3)4/h5-8,13,15-18H,9-12H2,1-4H3. The van der Waals surface area contributed by atoms with E-state index in [-0.39, 0.29) is 6.09 Å². The third-order valence-corrected chi connectivity index (χ3v) is 6.30. The number of nitriles is 1. The maximum Gasteiger partial charge on any atom is 0.410 e. The Morgan fingerprint density at radius 3 is 2.30 bits per heavy atom. The Kier molecular flexibility index (Phi) is 6.25. The first-order chi connectivity index (χ1) is 17.7. The van der Waals surface area contributed by atoms with Crippen molar-refractivity contribution in [2.45, 2.75) is 33.3 Å². The minimum Gasteiger partial charge on any atom is -0.444 e. The van der Waals surface area contributed by atoms with Crippen LogP contribution < -0.4 is 4.90 Å². The lowest BCUT2D eigenvalue weighted by Gasteiger charge is -2.36. The zero-order valence-electron chi connectivity index (χ0n) is 21.5. The summed E-state index contributed by atoms with van der Waals surface area (Å²) in [6.07, 6.45) is 7.21. The van der Waals surface area contributed by atoms with Gasteiger partial charge in [0.15, 0.2) is 0 Å². The van der Waals surface area contributed by atoms with Gasteiger partial charge in [-0.05, 0) is 63.6 Å². The summed E-state index contributed by atoms with van der Waals surface area (Å²) in [5, 5.41) is 9.04. The number of nitrogens with zero attached hydrogens (tertiary/aromatic N) is 7. The lowest BCUT2D eigenvalue weighted by Crippen LogP contribution is -2.50. The molecular formula is C28H29N7O2. The molecular weight excluding hydrogens is 466 g/mol. The van der Waals surface area contributed by atoms with Gasteiger partial charge in [-0.3, -0.25) is 4.40 Å². The normalized spacial score (nSPS) is 14.0. The number of carbonyl (C=O) groups is 1. The van der Waals surface area contributed by atoms with Crippen molar-refractivity contribution in [2.75, 3.05) is 31.1 Å². The van der Waals surface area contributed by atoms with Gasteiger partial charge >= 0.3 is 6.09 Å². The summed E-state index contributed by atoms with van der Waals surface area (Å²) >= 11 is 0. The quantitative estimate of drug-likeness (QED) is 0.406. The van der Waals surface area contributed by atoms with E-state index in [9.17, 15) is 4.79 Å². The number of hydrogen-bond donors (Lipinski definition) is 0. The molecule has 0 aromatic carbocycles. The summed E-state index contributed by atoms with van der Waals surface area (Å²) in [7, 11) is 0. The molecule has 1 aliphatic rings. The molecule has 1 saturated heterocycles. The molecule has 1 aliphatic heterocycles. The van der Waals surface area contributed by atoms with E-state index >= 15 is 0 Å². The van der Waals surface area contributed by atoms with E-state index in [1.165, 1.54) is 0 Å². The smallest absolute Gasteiger partial charge is 0.410 e. The summed E-state index contributed by atoms with van der Waals surface area (Å²) in [4.78, 5) is 29.8. The van der Waals surface area contributed by atoms with Gasteiger partial charge in [-0.15, -0.1) is 0 Å². The monoisotopic (exact) mass is 495 g/mol. The van der Waals surface area contributed by atoms with Crippen LogP contribution in [0.25, 0.3) is 28.0 Å². The highest BCUT2D eigenvalue weighted by molar-refractivity contribution is 5.71. The van der Waals surface area contributed by atoms with E-state index in [0.717, 1.165) is 39.4 Å². The molecule has 1 amide bonds. The third kappa shape index (κ3) is 5.09. The number of hydrogen-bond acceptors (Lipinski definition) is 7. The van der Waals surface area contributed by atoms with Crippen LogP contribution in [0.3, 0.4) is 0 Å². The van der Waals surface area contributed by atoms with Crippen molar-refractivity contribution in [1.29, 1.82) is 5.26 Å². The summed E-state index contributed by atoms with van der Waals surface area (Å²) in [5.74, 6) is 0.877. The molecule has 0 unspecified atom stereocenters. The van der Waals surface area contributed by atoms with Gasteiger partial charge in [0.25, 0.3) is 0 Å². The van der Waals surface area contributed by atoms with E-state index in [2.05, 4.69) is 37.5 Å². The fraction of sp³-hybridized carbons (Fsp3) is 0.321.